The quantitative estimate of drug-likeness (QED) is 0.209. The van der Waals surface area contributed by atoms with Gasteiger partial charge in [-0.3, -0.25) is 0 Å². The number of phenols is 1. The van der Waals surface area contributed by atoms with E-state index in [9.17, 15) is 5.11 Å². The molecule has 0 fully saturated rings. The van der Waals surface area contributed by atoms with Gasteiger partial charge in [0.1, 0.15) is 11.6 Å². The normalized spacial score (nSPS) is 11.3. The molecule has 0 bridgehead atoms. The lowest BCUT2D eigenvalue weighted by Gasteiger charge is -2.15. The van der Waals surface area contributed by atoms with E-state index in [0.717, 1.165) is 64.1 Å². The van der Waals surface area contributed by atoms with Crippen molar-refractivity contribution in [1.29, 1.82) is 0 Å². The molecule has 0 aliphatic heterocycles. The van der Waals surface area contributed by atoms with Gasteiger partial charge in [0.05, 0.1) is 17.0 Å². The van der Waals surface area contributed by atoms with Crippen molar-refractivity contribution >= 4 is 34.0 Å². The van der Waals surface area contributed by atoms with Crippen LogP contribution in [0.2, 0.25) is 10.0 Å². The van der Waals surface area contributed by atoms with Gasteiger partial charge in [-0.05, 0) is 47.5 Å². The molecule has 182 valence electrons. The molecule has 1 aromatic heterocycles. The number of aromatic hydroxyl groups is 1. The highest BCUT2D eigenvalue weighted by Crippen LogP contribution is 2.42. The van der Waals surface area contributed by atoms with Crippen LogP contribution in [0.25, 0.3) is 44.7 Å². The third kappa shape index (κ3) is 4.86. The van der Waals surface area contributed by atoms with Gasteiger partial charge in [0.15, 0.2) is 0 Å². The van der Waals surface area contributed by atoms with Crippen LogP contribution in [0.5, 0.6) is 5.75 Å². The Hall–Kier alpha value is -3.27. The molecule has 0 saturated heterocycles. The van der Waals surface area contributed by atoms with E-state index in [1.54, 1.807) is 6.07 Å². The van der Waals surface area contributed by atoms with E-state index >= 15 is 0 Å². The Kier molecular flexibility index (Phi) is 7.31. The van der Waals surface area contributed by atoms with Crippen molar-refractivity contribution in [3.8, 4) is 39.7 Å². The summed E-state index contributed by atoms with van der Waals surface area (Å²) in [5.74, 6) is 0.981. The standard InChI is InChI=1S/C31H28Cl2N2O/c1-2-3-4-7-20-35-30(23-12-17-25(33)18-13-23)29(22-10-15-24(32)16-11-22)34-31(35)28-26-9-6-5-8-21(26)14-19-27(28)36/h5-6,8-19,36H,2-4,7,20H2,1H3. The second-order valence-electron chi connectivity index (χ2n) is 9.04. The number of phenolic OH excluding ortho intramolecular Hbond substituents is 1. The van der Waals surface area contributed by atoms with Gasteiger partial charge < -0.3 is 9.67 Å². The summed E-state index contributed by atoms with van der Waals surface area (Å²) in [6, 6.07) is 27.5. The molecular weight excluding hydrogens is 487 g/mol. The molecule has 0 unspecified atom stereocenters. The summed E-state index contributed by atoms with van der Waals surface area (Å²) in [5, 5.41) is 14.5. The summed E-state index contributed by atoms with van der Waals surface area (Å²) in [7, 11) is 0. The van der Waals surface area contributed by atoms with Crippen molar-refractivity contribution in [2.24, 2.45) is 0 Å². The number of nitrogens with zero attached hydrogens (tertiary/aromatic N) is 2. The van der Waals surface area contributed by atoms with Crippen LogP contribution in [-0.2, 0) is 6.54 Å². The van der Waals surface area contributed by atoms with Crippen LogP contribution in [0.4, 0.5) is 0 Å². The van der Waals surface area contributed by atoms with Crippen molar-refractivity contribution in [2.75, 3.05) is 0 Å². The third-order valence-electron chi connectivity index (χ3n) is 6.57. The van der Waals surface area contributed by atoms with Crippen molar-refractivity contribution in [3.63, 3.8) is 0 Å². The molecular formula is C31H28Cl2N2O. The number of unbranched alkanes of at least 4 members (excludes halogenated alkanes) is 3. The Morgan fingerprint density at radius 3 is 2.11 bits per heavy atom. The number of hydrogen-bond acceptors (Lipinski definition) is 2. The van der Waals surface area contributed by atoms with Crippen LogP contribution in [-0.4, -0.2) is 14.7 Å². The third-order valence-corrected chi connectivity index (χ3v) is 7.07. The van der Waals surface area contributed by atoms with E-state index in [0.29, 0.717) is 10.0 Å². The minimum atomic E-state index is 0.221. The molecule has 0 amide bonds. The van der Waals surface area contributed by atoms with Crippen LogP contribution in [0.15, 0.2) is 84.9 Å². The first-order valence-electron chi connectivity index (χ1n) is 12.4. The lowest BCUT2D eigenvalue weighted by atomic mass is 10.0. The van der Waals surface area contributed by atoms with Crippen LogP contribution in [0.3, 0.4) is 0 Å². The van der Waals surface area contributed by atoms with Gasteiger partial charge in [-0.2, -0.15) is 0 Å². The van der Waals surface area contributed by atoms with E-state index in [4.69, 9.17) is 28.2 Å². The molecule has 0 saturated carbocycles. The topological polar surface area (TPSA) is 38.0 Å². The summed E-state index contributed by atoms with van der Waals surface area (Å²) < 4.78 is 2.27. The van der Waals surface area contributed by atoms with Gasteiger partial charge in [-0.1, -0.05) is 104 Å². The van der Waals surface area contributed by atoms with Crippen LogP contribution in [0.1, 0.15) is 32.6 Å². The maximum atomic E-state index is 11.1. The summed E-state index contributed by atoms with van der Waals surface area (Å²) >= 11 is 12.5. The predicted octanol–water partition coefficient (Wildman–Crippen LogP) is 9.63. The lowest BCUT2D eigenvalue weighted by molar-refractivity contribution is 0.477. The fourth-order valence-corrected chi connectivity index (χ4v) is 5.01. The largest absolute Gasteiger partial charge is 0.507 e. The van der Waals surface area contributed by atoms with E-state index in [-0.39, 0.29) is 5.75 Å². The van der Waals surface area contributed by atoms with E-state index in [1.165, 1.54) is 12.8 Å². The number of halogens is 2. The smallest absolute Gasteiger partial charge is 0.145 e. The molecule has 3 nitrogen and oxygen atoms in total. The molecule has 0 aliphatic rings. The van der Waals surface area contributed by atoms with Crippen LogP contribution >= 0.6 is 23.2 Å². The van der Waals surface area contributed by atoms with E-state index < -0.39 is 0 Å². The van der Waals surface area contributed by atoms with Crippen molar-refractivity contribution < 1.29 is 5.11 Å². The first-order chi connectivity index (χ1) is 17.6. The minimum absolute atomic E-state index is 0.221. The number of benzene rings is 4. The van der Waals surface area contributed by atoms with Gasteiger partial charge in [-0.25, -0.2) is 4.98 Å². The van der Waals surface area contributed by atoms with E-state index in [2.05, 4.69) is 17.6 Å². The molecule has 5 rings (SSSR count). The lowest BCUT2D eigenvalue weighted by Crippen LogP contribution is -2.04. The van der Waals surface area contributed by atoms with E-state index in [1.807, 2.05) is 72.8 Å². The van der Waals surface area contributed by atoms with Crippen molar-refractivity contribution in [3.05, 3.63) is 95.0 Å². The maximum absolute atomic E-state index is 11.1. The fourth-order valence-electron chi connectivity index (χ4n) is 4.76. The number of hydrogen-bond donors (Lipinski definition) is 1. The van der Waals surface area contributed by atoms with Gasteiger partial charge in [0.2, 0.25) is 0 Å². The zero-order valence-electron chi connectivity index (χ0n) is 20.2. The highest BCUT2D eigenvalue weighted by molar-refractivity contribution is 6.31. The Bertz CT molecular complexity index is 1490. The molecule has 4 aromatic carbocycles. The molecule has 1 N–H and O–H groups in total. The predicted molar refractivity (Wildman–Crippen MR) is 152 cm³/mol. The molecule has 5 aromatic rings. The Labute approximate surface area is 222 Å². The zero-order valence-corrected chi connectivity index (χ0v) is 21.7. The number of aromatic nitrogens is 2. The average molecular weight is 515 g/mol. The highest BCUT2D eigenvalue weighted by Gasteiger charge is 2.24. The SMILES string of the molecule is CCCCCCn1c(-c2c(O)ccc3ccccc23)nc(-c2ccc(Cl)cc2)c1-c1ccc(Cl)cc1. The number of fused-ring (bicyclic) bond motifs is 1. The average Bonchev–Trinajstić information content (AvgIpc) is 3.26. The molecule has 0 spiro atoms. The first-order valence-corrected chi connectivity index (χ1v) is 13.2. The van der Waals surface area contributed by atoms with Gasteiger partial charge in [-0.15, -0.1) is 0 Å². The highest BCUT2D eigenvalue weighted by atomic mass is 35.5. The molecule has 1 heterocycles. The summed E-state index contributed by atoms with van der Waals surface area (Å²) in [4.78, 5) is 5.22. The van der Waals surface area contributed by atoms with Crippen LogP contribution in [0, 0.1) is 0 Å². The summed E-state index contributed by atoms with van der Waals surface area (Å²) in [6.07, 6.45) is 4.50. The molecule has 36 heavy (non-hydrogen) atoms. The Morgan fingerprint density at radius 1 is 0.750 bits per heavy atom. The monoisotopic (exact) mass is 514 g/mol. The molecule has 0 radical (unpaired) electrons. The summed E-state index contributed by atoms with van der Waals surface area (Å²) in [5.41, 5.74) is 4.61. The number of imidazole rings is 1. The van der Waals surface area contributed by atoms with Crippen LogP contribution < -0.4 is 0 Å². The first kappa shape index (κ1) is 24.4. The molecule has 0 aliphatic carbocycles. The number of rotatable bonds is 8. The Balaban J connectivity index is 1.81. The van der Waals surface area contributed by atoms with Gasteiger partial charge >= 0.3 is 0 Å². The van der Waals surface area contributed by atoms with Gasteiger partial charge in [0.25, 0.3) is 0 Å². The molecule has 0 atom stereocenters. The van der Waals surface area contributed by atoms with Crippen molar-refractivity contribution in [2.45, 2.75) is 39.2 Å². The second-order valence-corrected chi connectivity index (χ2v) is 9.91. The minimum Gasteiger partial charge on any atom is -0.507 e. The van der Waals surface area contributed by atoms with Crippen molar-refractivity contribution in [1.82, 2.24) is 9.55 Å². The van der Waals surface area contributed by atoms with Gasteiger partial charge in [0, 0.05) is 27.7 Å². The Morgan fingerprint density at radius 2 is 1.42 bits per heavy atom. The molecule has 5 heteroatoms. The summed E-state index contributed by atoms with van der Waals surface area (Å²) in [6.45, 7) is 3.01. The fraction of sp³-hybridized carbons (Fsp3) is 0.194. The second kappa shape index (κ2) is 10.8. The maximum Gasteiger partial charge on any atom is 0.145 e. The zero-order chi connectivity index (χ0) is 25.1.